The number of piperazine rings is 1. The zero-order chi connectivity index (χ0) is 24.5. The third-order valence-corrected chi connectivity index (χ3v) is 8.08. The fraction of sp³-hybridized carbons (Fsp3) is 0.318. The number of nitrogens with zero attached hydrogens (tertiary/aromatic N) is 2. The molecule has 1 saturated heterocycles. The van der Waals surface area contributed by atoms with Crippen molar-refractivity contribution in [2.45, 2.75) is 36.5 Å². The fourth-order valence-electron chi connectivity index (χ4n) is 3.88. The number of alkyl halides is 3. The normalized spacial score (nSPS) is 19.1. The number of thiophene rings is 1. The SMILES string of the molecule is CC1CN(c2cc(NS(=O)(=O)c3ccc(-c4ccccn4)s3)ccc2OC(F)(F)F)CC(C)N1. The van der Waals surface area contributed by atoms with Crippen LogP contribution in [0.15, 0.2) is 58.9 Å². The van der Waals surface area contributed by atoms with Gasteiger partial charge in [0.05, 0.1) is 21.9 Å². The number of aromatic nitrogens is 1. The minimum atomic E-state index is -4.88. The van der Waals surface area contributed by atoms with E-state index in [9.17, 15) is 21.6 Å². The number of hydrogen-bond acceptors (Lipinski definition) is 7. The summed E-state index contributed by atoms with van der Waals surface area (Å²) in [5, 5.41) is 3.32. The summed E-state index contributed by atoms with van der Waals surface area (Å²) in [6.45, 7) is 4.73. The number of ether oxygens (including phenoxy) is 1. The Kier molecular flexibility index (Phi) is 6.74. The van der Waals surface area contributed by atoms with E-state index >= 15 is 0 Å². The average molecular weight is 513 g/mol. The maximum absolute atomic E-state index is 13.0. The molecule has 0 radical (unpaired) electrons. The molecule has 2 aromatic heterocycles. The van der Waals surface area contributed by atoms with E-state index in [0.717, 1.165) is 17.4 Å². The second-order valence-electron chi connectivity index (χ2n) is 8.04. The second-order valence-corrected chi connectivity index (χ2v) is 11.0. The summed E-state index contributed by atoms with van der Waals surface area (Å²) in [5.74, 6) is -0.384. The van der Waals surface area contributed by atoms with Gasteiger partial charge in [-0.2, -0.15) is 0 Å². The lowest BCUT2D eigenvalue weighted by Crippen LogP contribution is -2.54. The van der Waals surface area contributed by atoms with E-state index < -0.39 is 16.4 Å². The predicted octanol–water partition coefficient (Wildman–Crippen LogP) is 4.70. The van der Waals surface area contributed by atoms with Crippen molar-refractivity contribution in [3.05, 3.63) is 54.7 Å². The third kappa shape index (κ3) is 5.80. The summed E-state index contributed by atoms with van der Waals surface area (Å²) in [4.78, 5) is 6.66. The van der Waals surface area contributed by atoms with Crippen LogP contribution in [0.4, 0.5) is 24.5 Å². The van der Waals surface area contributed by atoms with Gasteiger partial charge >= 0.3 is 6.36 Å². The van der Waals surface area contributed by atoms with E-state index in [0.29, 0.717) is 23.7 Å². The van der Waals surface area contributed by atoms with Gasteiger partial charge in [0.1, 0.15) is 4.21 Å². The Morgan fingerprint density at radius 2 is 1.85 bits per heavy atom. The Morgan fingerprint density at radius 1 is 1.12 bits per heavy atom. The number of halogens is 3. The molecule has 7 nitrogen and oxygen atoms in total. The highest BCUT2D eigenvalue weighted by atomic mass is 32.2. The summed E-state index contributed by atoms with van der Waals surface area (Å²) in [6.07, 6.45) is -3.26. The summed E-state index contributed by atoms with van der Waals surface area (Å²) < 4.78 is 71.8. The van der Waals surface area contributed by atoms with Gasteiger partial charge in [0, 0.05) is 31.4 Å². The molecule has 0 saturated carbocycles. The number of hydrogen-bond donors (Lipinski definition) is 2. The van der Waals surface area contributed by atoms with Gasteiger partial charge in [0.15, 0.2) is 5.75 Å². The number of pyridine rings is 1. The van der Waals surface area contributed by atoms with Gasteiger partial charge in [-0.25, -0.2) is 8.42 Å². The Bertz CT molecular complexity index is 1240. The predicted molar refractivity (Wildman–Crippen MR) is 126 cm³/mol. The highest BCUT2D eigenvalue weighted by molar-refractivity contribution is 7.94. The van der Waals surface area contributed by atoms with E-state index in [-0.39, 0.29) is 33.4 Å². The molecule has 0 spiro atoms. The molecule has 1 fully saturated rings. The van der Waals surface area contributed by atoms with Crippen molar-refractivity contribution >= 4 is 32.7 Å². The van der Waals surface area contributed by atoms with Gasteiger partial charge < -0.3 is 15.0 Å². The van der Waals surface area contributed by atoms with Crippen molar-refractivity contribution in [1.82, 2.24) is 10.3 Å². The van der Waals surface area contributed by atoms with E-state index in [1.54, 1.807) is 35.4 Å². The van der Waals surface area contributed by atoms with Crippen LogP contribution in [0, 0.1) is 0 Å². The van der Waals surface area contributed by atoms with Crippen molar-refractivity contribution in [3.8, 4) is 16.3 Å². The van der Waals surface area contributed by atoms with Crippen LogP contribution >= 0.6 is 11.3 Å². The molecule has 2 atom stereocenters. The molecule has 1 aliphatic heterocycles. The van der Waals surface area contributed by atoms with E-state index in [2.05, 4.69) is 19.8 Å². The topological polar surface area (TPSA) is 83.6 Å². The van der Waals surface area contributed by atoms with Crippen LogP contribution in [-0.2, 0) is 10.0 Å². The van der Waals surface area contributed by atoms with Crippen molar-refractivity contribution in [3.63, 3.8) is 0 Å². The molecule has 1 aromatic carbocycles. The van der Waals surface area contributed by atoms with Gasteiger partial charge in [-0.1, -0.05) is 6.07 Å². The first kappa shape index (κ1) is 24.3. The van der Waals surface area contributed by atoms with Crippen molar-refractivity contribution in [1.29, 1.82) is 0 Å². The first-order chi connectivity index (χ1) is 16.0. The Balaban J connectivity index is 1.63. The zero-order valence-corrected chi connectivity index (χ0v) is 20.0. The third-order valence-electron chi connectivity index (χ3n) is 5.10. The highest BCUT2D eigenvalue weighted by Gasteiger charge is 2.34. The molecule has 0 aliphatic carbocycles. The second kappa shape index (κ2) is 9.43. The standard InChI is InChI=1S/C22H23F3N4O3S2/c1-14-12-29(13-15(2)27-14)18-11-16(6-7-19(18)32-22(23,24)25)28-34(30,31)21-9-8-20(33-21)17-5-3-4-10-26-17/h3-11,14-15,27-28H,12-13H2,1-2H3. The Morgan fingerprint density at radius 3 is 2.50 bits per heavy atom. The number of sulfonamides is 1. The summed E-state index contributed by atoms with van der Waals surface area (Å²) >= 11 is 1.05. The van der Waals surface area contributed by atoms with Crippen LogP contribution in [0.2, 0.25) is 0 Å². The molecular formula is C22H23F3N4O3S2. The number of anilines is 2. The van der Waals surface area contributed by atoms with Crippen LogP contribution in [-0.4, -0.2) is 44.9 Å². The van der Waals surface area contributed by atoms with Crippen LogP contribution in [0.3, 0.4) is 0 Å². The molecule has 34 heavy (non-hydrogen) atoms. The van der Waals surface area contributed by atoms with Crippen LogP contribution in [0.5, 0.6) is 5.75 Å². The fourth-order valence-corrected chi connectivity index (χ4v) is 6.21. The summed E-state index contributed by atoms with van der Waals surface area (Å²) in [6, 6.07) is 12.3. The monoisotopic (exact) mass is 512 g/mol. The first-order valence-corrected chi connectivity index (χ1v) is 12.7. The Labute approximate surface area is 199 Å². The van der Waals surface area contributed by atoms with Crippen molar-refractivity contribution in [2.75, 3.05) is 22.7 Å². The smallest absolute Gasteiger partial charge is 0.404 e. The van der Waals surface area contributed by atoms with Gasteiger partial charge in [-0.15, -0.1) is 24.5 Å². The molecule has 3 aromatic rings. The average Bonchev–Trinajstić information content (AvgIpc) is 3.25. The molecular weight excluding hydrogens is 489 g/mol. The molecule has 0 bridgehead atoms. The van der Waals surface area contributed by atoms with Gasteiger partial charge in [0.2, 0.25) is 0 Å². The molecule has 1 aliphatic rings. The number of nitrogens with one attached hydrogen (secondary N) is 2. The van der Waals surface area contributed by atoms with Gasteiger partial charge in [-0.05, 0) is 56.3 Å². The van der Waals surface area contributed by atoms with Crippen molar-refractivity contribution in [2.24, 2.45) is 0 Å². The lowest BCUT2D eigenvalue weighted by Gasteiger charge is -2.38. The number of rotatable bonds is 6. The maximum Gasteiger partial charge on any atom is 0.573 e. The van der Waals surface area contributed by atoms with E-state index in [1.807, 2.05) is 13.8 Å². The van der Waals surface area contributed by atoms with Gasteiger partial charge in [-0.3, -0.25) is 9.71 Å². The highest BCUT2D eigenvalue weighted by Crippen LogP contribution is 2.37. The van der Waals surface area contributed by atoms with Crippen molar-refractivity contribution < 1.29 is 26.3 Å². The van der Waals surface area contributed by atoms with Crippen LogP contribution in [0.25, 0.3) is 10.6 Å². The van der Waals surface area contributed by atoms with Crippen LogP contribution in [0.1, 0.15) is 13.8 Å². The molecule has 4 rings (SSSR count). The van der Waals surface area contributed by atoms with E-state index in [1.165, 1.54) is 18.2 Å². The lowest BCUT2D eigenvalue weighted by molar-refractivity contribution is -0.274. The molecule has 3 heterocycles. The maximum atomic E-state index is 13.0. The Hall–Kier alpha value is -2.83. The molecule has 182 valence electrons. The van der Waals surface area contributed by atoms with Gasteiger partial charge in [0.25, 0.3) is 10.0 Å². The minimum Gasteiger partial charge on any atom is -0.404 e. The van der Waals surface area contributed by atoms with E-state index in [4.69, 9.17) is 0 Å². The van der Waals surface area contributed by atoms with Crippen LogP contribution < -0.4 is 19.7 Å². The molecule has 12 heteroatoms. The quantitative estimate of drug-likeness (QED) is 0.498. The summed E-state index contributed by atoms with van der Waals surface area (Å²) in [5.41, 5.74) is 0.945. The molecule has 0 amide bonds. The zero-order valence-electron chi connectivity index (χ0n) is 18.3. The minimum absolute atomic E-state index is 0.0268. The first-order valence-electron chi connectivity index (χ1n) is 10.4. The lowest BCUT2D eigenvalue weighted by atomic mass is 10.1. The molecule has 2 unspecified atom stereocenters. The molecule has 2 N–H and O–H groups in total. The number of benzene rings is 1. The largest absolute Gasteiger partial charge is 0.573 e. The summed E-state index contributed by atoms with van der Waals surface area (Å²) in [7, 11) is -3.97.